The minimum absolute atomic E-state index is 0.214. The van der Waals surface area contributed by atoms with Crippen LogP contribution in [-0.2, 0) is 6.42 Å². The Balaban J connectivity index is 1.24. The van der Waals surface area contributed by atoms with Crippen molar-refractivity contribution < 1.29 is 8.78 Å². The van der Waals surface area contributed by atoms with Crippen LogP contribution in [-0.4, -0.2) is 16.5 Å². The van der Waals surface area contributed by atoms with Crippen LogP contribution in [0.15, 0.2) is 60.8 Å². The number of nitrogen functional groups attached to an aromatic ring is 1. The number of unbranched alkanes of at least 4 members (excludes halogenated alkanes) is 2. The Morgan fingerprint density at radius 2 is 1.70 bits per heavy atom. The second-order valence-electron chi connectivity index (χ2n) is 7.40. The number of benzene rings is 3. The normalized spacial score (nSPS) is 11.1. The van der Waals surface area contributed by atoms with Crippen LogP contribution in [0.5, 0.6) is 0 Å². The molecule has 4 nitrogen and oxygen atoms in total. The average molecular weight is 406 g/mol. The van der Waals surface area contributed by atoms with Crippen molar-refractivity contribution in [3.05, 3.63) is 78.3 Å². The van der Waals surface area contributed by atoms with Gasteiger partial charge in [0, 0.05) is 30.7 Å². The fraction of sp³-hybridized carbons (Fsp3) is 0.208. The Morgan fingerprint density at radius 3 is 2.57 bits per heavy atom. The van der Waals surface area contributed by atoms with Crippen molar-refractivity contribution in [2.24, 2.45) is 0 Å². The summed E-state index contributed by atoms with van der Waals surface area (Å²) in [6.45, 7) is 0.649. The van der Waals surface area contributed by atoms with Crippen molar-refractivity contribution in [1.29, 1.82) is 0 Å². The molecular weight excluding hydrogens is 382 g/mol. The van der Waals surface area contributed by atoms with Crippen molar-refractivity contribution in [3.8, 4) is 11.3 Å². The summed E-state index contributed by atoms with van der Waals surface area (Å²) in [5, 5.41) is 5.50. The number of aromatic nitrogens is 2. The fourth-order valence-corrected chi connectivity index (χ4v) is 3.53. The Hall–Kier alpha value is -3.41. The molecule has 0 saturated carbocycles. The molecule has 4 aromatic rings. The minimum Gasteiger partial charge on any atom is -0.397 e. The number of nitrogens with one attached hydrogen (secondary N) is 2. The predicted octanol–water partition coefficient (Wildman–Crippen LogP) is 5.92. The van der Waals surface area contributed by atoms with Crippen molar-refractivity contribution in [2.45, 2.75) is 25.7 Å². The number of hydrogen-bond donors (Lipinski definition) is 3. The van der Waals surface area contributed by atoms with Crippen molar-refractivity contribution in [2.75, 3.05) is 17.6 Å². The van der Waals surface area contributed by atoms with Gasteiger partial charge >= 0.3 is 0 Å². The highest BCUT2D eigenvalue weighted by Gasteiger charge is 2.07. The van der Waals surface area contributed by atoms with Crippen LogP contribution < -0.4 is 11.1 Å². The van der Waals surface area contributed by atoms with Gasteiger partial charge in [0.05, 0.1) is 23.3 Å². The van der Waals surface area contributed by atoms with Crippen molar-refractivity contribution in [3.63, 3.8) is 0 Å². The SMILES string of the molecule is Nc1cc(F)c(F)cc1NCCCCCc1ncc(-c2ccc3ccccc3c2)[nH]1. The summed E-state index contributed by atoms with van der Waals surface area (Å²) in [7, 11) is 0. The Labute approximate surface area is 174 Å². The number of H-pyrrole nitrogens is 1. The number of hydrogen-bond acceptors (Lipinski definition) is 3. The third-order valence-electron chi connectivity index (χ3n) is 5.19. The monoisotopic (exact) mass is 406 g/mol. The van der Waals surface area contributed by atoms with Gasteiger partial charge in [0.25, 0.3) is 0 Å². The minimum atomic E-state index is -0.931. The van der Waals surface area contributed by atoms with E-state index >= 15 is 0 Å². The van der Waals surface area contributed by atoms with E-state index in [9.17, 15) is 8.78 Å². The first-order valence-electron chi connectivity index (χ1n) is 10.1. The molecule has 3 aromatic carbocycles. The van der Waals surface area contributed by atoms with Crippen LogP contribution in [0.4, 0.5) is 20.2 Å². The number of imidazole rings is 1. The summed E-state index contributed by atoms with van der Waals surface area (Å²) in [6, 6.07) is 16.8. The van der Waals surface area contributed by atoms with Gasteiger partial charge in [-0.2, -0.15) is 0 Å². The third-order valence-corrected chi connectivity index (χ3v) is 5.19. The number of anilines is 2. The Bertz CT molecular complexity index is 1150. The molecule has 6 heteroatoms. The molecule has 4 N–H and O–H groups in total. The van der Waals surface area contributed by atoms with E-state index in [0.29, 0.717) is 12.2 Å². The standard InChI is InChI=1S/C24H24F2N4/c25-19-13-21(27)22(14-20(19)26)28-11-5-1-2-8-24-29-15-23(30-24)18-10-9-16-6-3-4-7-17(16)12-18/h3-4,6-7,9-10,12-15,28H,1-2,5,8,11,27H2,(H,29,30). The first-order chi connectivity index (χ1) is 14.6. The molecule has 4 rings (SSSR count). The molecule has 0 spiro atoms. The lowest BCUT2D eigenvalue weighted by Gasteiger charge is -2.09. The lowest BCUT2D eigenvalue weighted by atomic mass is 10.1. The number of aryl methyl sites for hydroxylation is 1. The van der Waals surface area contributed by atoms with Gasteiger partial charge in [-0.05, 0) is 29.7 Å². The van der Waals surface area contributed by atoms with E-state index in [1.165, 1.54) is 10.8 Å². The van der Waals surface area contributed by atoms with Gasteiger partial charge in [-0.15, -0.1) is 0 Å². The van der Waals surface area contributed by atoms with Crippen LogP contribution in [0.25, 0.3) is 22.0 Å². The van der Waals surface area contributed by atoms with Gasteiger partial charge in [0.2, 0.25) is 0 Å². The molecule has 1 heterocycles. The predicted molar refractivity (Wildman–Crippen MR) is 118 cm³/mol. The van der Waals surface area contributed by atoms with Gasteiger partial charge < -0.3 is 16.0 Å². The molecule has 0 aliphatic rings. The molecule has 0 saturated heterocycles. The second kappa shape index (κ2) is 8.95. The maximum absolute atomic E-state index is 13.3. The van der Waals surface area contributed by atoms with E-state index in [4.69, 9.17) is 5.73 Å². The van der Waals surface area contributed by atoms with Crippen LogP contribution in [0.2, 0.25) is 0 Å². The maximum atomic E-state index is 13.3. The number of fused-ring (bicyclic) bond motifs is 1. The summed E-state index contributed by atoms with van der Waals surface area (Å²) in [5.41, 5.74) is 8.50. The van der Waals surface area contributed by atoms with E-state index in [2.05, 4.69) is 45.6 Å². The van der Waals surface area contributed by atoms with Gasteiger partial charge in [0.15, 0.2) is 11.6 Å². The topological polar surface area (TPSA) is 66.7 Å². The lowest BCUT2D eigenvalue weighted by Crippen LogP contribution is -2.05. The molecule has 0 unspecified atom stereocenters. The number of aromatic amines is 1. The third kappa shape index (κ3) is 4.59. The first kappa shape index (κ1) is 19.9. The van der Waals surface area contributed by atoms with Crippen LogP contribution in [0.3, 0.4) is 0 Å². The summed E-state index contributed by atoms with van der Waals surface area (Å²) in [6.07, 6.45) is 5.62. The van der Waals surface area contributed by atoms with Gasteiger partial charge in [-0.3, -0.25) is 0 Å². The van der Waals surface area contributed by atoms with E-state index in [1.54, 1.807) is 0 Å². The molecule has 0 radical (unpaired) electrons. The Morgan fingerprint density at radius 1 is 0.900 bits per heavy atom. The highest BCUT2D eigenvalue weighted by atomic mass is 19.2. The quantitative estimate of drug-likeness (QED) is 0.251. The molecule has 0 fully saturated rings. The zero-order valence-corrected chi connectivity index (χ0v) is 16.6. The summed E-state index contributed by atoms with van der Waals surface area (Å²) >= 11 is 0. The Kier molecular flexibility index (Phi) is 5.93. The highest BCUT2D eigenvalue weighted by Crippen LogP contribution is 2.24. The summed E-state index contributed by atoms with van der Waals surface area (Å²) in [5.74, 6) is -0.859. The number of nitrogens with two attached hydrogens (primary N) is 1. The maximum Gasteiger partial charge on any atom is 0.161 e. The van der Waals surface area contributed by atoms with Crippen LogP contribution in [0.1, 0.15) is 25.1 Å². The first-order valence-corrected chi connectivity index (χ1v) is 10.1. The summed E-state index contributed by atoms with van der Waals surface area (Å²) < 4.78 is 26.4. The zero-order chi connectivity index (χ0) is 20.9. The molecule has 0 aliphatic heterocycles. The average Bonchev–Trinajstić information content (AvgIpc) is 3.22. The van der Waals surface area contributed by atoms with Crippen molar-refractivity contribution in [1.82, 2.24) is 9.97 Å². The molecule has 0 amide bonds. The molecule has 0 bridgehead atoms. The van der Waals surface area contributed by atoms with E-state index in [0.717, 1.165) is 54.9 Å². The van der Waals surface area contributed by atoms with Crippen LogP contribution >= 0.6 is 0 Å². The molecule has 30 heavy (non-hydrogen) atoms. The molecule has 0 atom stereocenters. The zero-order valence-electron chi connectivity index (χ0n) is 16.6. The smallest absolute Gasteiger partial charge is 0.161 e. The van der Waals surface area contributed by atoms with Crippen LogP contribution in [0, 0.1) is 11.6 Å². The van der Waals surface area contributed by atoms with Crippen molar-refractivity contribution >= 4 is 22.1 Å². The highest BCUT2D eigenvalue weighted by molar-refractivity contribution is 5.86. The van der Waals surface area contributed by atoms with Gasteiger partial charge in [0.1, 0.15) is 5.82 Å². The summed E-state index contributed by atoms with van der Waals surface area (Å²) in [4.78, 5) is 7.91. The number of halogens is 2. The number of nitrogens with zero attached hydrogens (tertiary/aromatic N) is 1. The van der Waals surface area contributed by atoms with Gasteiger partial charge in [-0.25, -0.2) is 13.8 Å². The molecular formula is C24H24F2N4. The number of rotatable bonds is 8. The molecule has 154 valence electrons. The lowest BCUT2D eigenvalue weighted by molar-refractivity contribution is 0.509. The largest absolute Gasteiger partial charge is 0.397 e. The molecule has 1 aromatic heterocycles. The molecule has 0 aliphatic carbocycles. The fourth-order valence-electron chi connectivity index (χ4n) is 3.53. The van der Waals surface area contributed by atoms with Gasteiger partial charge in [-0.1, -0.05) is 42.8 Å². The van der Waals surface area contributed by atoms with E-state index in [-0.39, 0.29) is 5.69 Å². The second-order valence-corrected chi connectivity index (χ2v) is 7.40. The van der Waals surface area contributed by atoms with E-state index in [1.807, 2.05) is 18.3 Å². The van der Waals surface area contributed by atoms with E-state index < -0.39 is 11.6 Å².